The summed E-state index contributed by atoms with van der Waals surface area (Å²) in [6.45, 7) is 0.309. The second-order valence-corrected chi connectivity index (χ2v) is 7.25. The minimum absolute atomic E-state index is 0.193. The van der Waals surface area contributed by atoms with Gasteiger partial charge in [-0.2, -0.15) is 0 Å². The first-order valence-corrected chi connectivity index (χ1v) is 9.30. The van der Waals surface area contributed by atoms with Crippen LogP contribution >= 0.6 is 11.6 Å². The number of rotatable bonds is 4. The summed E-state index contributed by atoms with van der Waals surface area (Å²) in [6, 6.07) is 9.19. The molecule has 1 N–H and O–H groups in total. The second kappa shape index (κ2) is 8.51. The Balaban J connectivity index is 1.91. The van der Waals surface area contributed by atoms with E-state index in [4.69, 9.17) is 11.6 Å². The number of nitrogens with zero attached hydrogens (tertiary/aromatic N) is 1. The Morgan fingerprint density at radius 3 is 2.63 bits per heavy atom. The number of amides is 2. The van der Waals surface area contributed by atoms with Crippen molar-refractivity contribution in [3.05, 3.63) is 58.9 Å². The van der Waals surface area contributed by atoms with Gasteiger partial charge in [0, 0.05) is 19.5 Å². The molecule has 0 unspecified atom stereocenters. The average molecular weight is 445 g/mol. The molecule has 0 spiro atoms. The van der Waals surface area contributed by atoms with Crippen molar-refractivity contribution in [3.63, 3.8) is 0 Å². The number of hydrogen-bond donors (Lipinski definition) is 1. The van der Waals surface area contributed by atoms with Crippen LogP contribution in [-0.2, 0) is 9.59 Å². The molecule has 1 fully saturated rings. The van der Waals surface area contributed by atoms with Gasteiger partial charge < -0.3 is 15.0 Å². The molecule has 2 atom stereocenters. The molecule has 2 aromatic rings. The molecule has 30 heavy (non-hydrogen) atoms. The Morgan fingerprint density at radius 1 is 1.23 bits per heavy atom. The van der Waals surface area contributed by atoms with Crippen LogP contribution in [0.4, 0.5) is 23.2 Å². The van der Waals surface area contributed by atoms with Crippen molar-refractivity contribution >= 4 is 29.1 Å². The topological polar surface area (TPSA) is 58.6 Å². The maximum Gasteiger partial charge on any atom is 0.573 e. The SMILES string of the molecule is CN1CC[C@H](c2cccc(OC(F)(F)F)c2)[C@@H](C(=O)Nc2cccc(Cl)c2F)C1=O. The molecular weight excluding hydrogens is 428 g/mol. The van der Waals surface area contributed by atoms with Crippen molar-refractivity contribution in [2.45, 2.75) is 18.7 Å². The summed E-state index contributed by atoms with van der Waals surface area (Å²) in [5.74, 6) is -4.57. The van der Waals surface area contributed by atoms with Crippen LogP contribution in [0.25, 0.3) is 0 Å². The first-order valence-electron chi connectivity index (χ1n) is 8.92. The standard InChI is InChI=1S/C20H17ClF4N2O3/c1-27-9-8-13(11-4-2-5-12(10-11)30-20(23,24)25)16(19(27)29)18(28)26-15-7-3-6-14(21)17(15)22/h2-7,10,13,16H,8-9H2,1H3,(H,26,28)/t13-,16+/m1/s1. The highest BCUT2D eigenvalue weighted by Gasteiger charge is 2.41. The summed E-state index contributed by atoms with van der Waals surface area (Å²) in [5.41, 5.74) is 0.145. The number of likely N-dealkylation sites (tertiary alicyclic amines) is 1. The van der Waals surface area contributed by atoms with Crippen molar-refractivity contribution in [2.24, 2.45) is 5.92 Å². The predicted molar refractivity (Wildman–Crippen MR) is 102 cm³/mol. The third-order valence-corrected chi connectivity index (χ3v) is 5.12. The molecule has 10 heteroatoms. The van der Waals surface area contributed by atoms with Gasteiger partial charge >= 0.3 is 6.36 Å². The van der Waals surface area contributed by atoms with E-state index >= 15 is 0 Å². The number of alkyl halides is 3. The number of benzene rings is 2. The Labute approximate surface area is 174 Å². The first kappa shape index (κ1) is 21.9. The van der Waals surface area contributed by atoms with Crippen LogP contribution < -0.4 is 10.1 Å². The molecule has 3 rings (SSSR count). The monoisotopic (exact) mass is 444 g/mol. The molecule has 0 bridgehead atoms. The highest BCUT2D eigenvalue weighted by molar-refractivity contribution is 6.31. The van der Waals surface area contributed by atoms with E-state index in [0.717, 1.165) is 12.1 Å². The van der Waals surface area contributed by atoms with Gasteiger partial charge in [0.1, 0.15) is 11.7 Å². The van der Waals surface area contributed by atoms with Crippen LogP contribution in [0.15, 0.2) is 42.5 Å². The second-order valence-electron chi connectivity index (χ2n) is 6.84. The van der Waals surface area contributed by atoms with E-state index in [0.29, 0.717) is 18.5 Å². The van der Waals surface area contributed by atoms with Gasteiger partial charge in [0.25, 0.3) is 0 Å². The minimum atomic E-state index is -4.87. The Morgan fingerprint density at radius 2 is 1.93 bits per heavy atom. The van der Waals surface area contributed by atoms with Crippen molar-refractivity contribution in [1.82, 2.24) is 4.90 Å². The number of piperidine rings is 1. The van der Waals surface area contributed by atoms with Crippen molar-refractivity contribution in [3.8, 4) is 5.75 Å². The fourth-order valence-electron chi connectivity index (χ4n) is 3.43. The smallest absolute Gasteiger partial charge is 0.406 e. The summed E-state index contributed by atoms with van der Waals surface area (Å²) in [7, 11) is 1.52. The van der Waals surface area contributed by atoms with Crippen molar-refractivity contribution < 1.29 is 31.9 Å². The Kier molecular flexibility index (Phi) is 6.21. The lowest BCUT2D eigenvalue weighted by Gasteiger charge is -2.35. The number of hydrogen-bond acceptors (Lipinski definition) is 3. The third-order valence-electron chi connectivity index (χ3n) is 4.83. The molecule has 1 heterocycles. The summed E-state index contributed by atoms with van der Waals surface area (Å²) in [4.78, 5) is 27.0. The van der Waals surface area contributed by atoms with E-state index in [1.54, 1.807) is 0 Å². The van der Waals surface area contributed by atoms with E-state index in [-0.39, 0.29) is 10.7 Å². The molecule has 1 aliphatic rings. The van der Waals surface area contributed by atoms with E-state index < -0.39 is 41.6 Å². The number of carbonyl (C=O) groups excluding carboxylic acids is 2. The zero-order valence-corrected chi connectivity index (χ0v) is 16.4. The number of carbonyl (C=O) groups is 2. The van der Waals surface area contributed by atoms with Gasteiger partial charge in [-0.3, -0.25) is 9.59 Å². The van der Waals surface area contributed by atoms with Crippen LogP contribution in [-0.4, -0.2) is 36.7 Å². The van der Waals surface area contributed by atoms with Gasteiger partial charge in [-0.25, -0.2) is 4.39 Å². The largest absolute Gasteiger partial charge is 0.573 e. The van der Waals surface area contributed by atoms with Crippen LogP contribution in [0, 0.1) is 11.7 Å². The third kappa shape index (κ3) is 4.84. The van der Waals surface area contributed by atoms with Gasteiger partial charge in [-0.1, -0.05) is 29.8 Å². The van der Waals surface area contributed by atoms with Crippen molar-refractivity contribution in [2.75, 3.05) is 18.9 Å². The summed E-state index contributed by atoms with van der Waals surface area (Å²) < 4.78 is 55.8. The molecule has 0 aliphatic carbocycles. The Hall–Kier alpha value is -2.81. The maximum absolute atomic E-state index is 14.2. The van der Waals surface area contributed by atoms with Gasteiger partial charge in [-0.05, 0) is 36.2 Å². The maximum atomic E-state index is 14.2. The highest BCUT2D eigenvalue weighted by atomic mass is 35.5. The first-order chi connectivity index (χ1) is 14.1. The molecule has 1 aliphatic heterocycles. The molecule has 2 amide bonds. The molecule has 0 radical (unpaired) electrons. The molecular formula is C20H17ClF4N2O3. The van der Waals surface area contributed by atoms with Gasteiger partial charge in [-0.15, -0.1) is 13.2 Å². The van der Waals surface area contributed by atoms with E-state index in [9.17, 15) is 27.2 Å². The summed E-state index contributed by atoms with van der Waals surface area (Å²) in [6.07, 6.45) is -4.55. The lowest BCUT2D eigenvalue weighted by molar-refractivity contribution is -0.274. The average Bonchev–Trinajstić information content (AvgIpc) is 2.66. The fraction of sp³-hybridized carbons (Fsp3) is 0.300. The molecule has 160 valence electrons. The van der Waals surface area contributed by atoms with E-state index in [2.05, 4.69) is 10.1 Å². The minimum Gasteiger partial charge on any atom is -0.406 e. The fourth-order valence-corrected chi connectivity index (χ4v) is 3.60. The van der Waals surface area contributed by atoms with Crippen LogP contribution in [0.5, 0.6) is 5.75 Å². The molecule has 0 saturated carbocycles. The normalized spacial score (nSPS) is 19.5. The Bertz CT molecular complexity index is 967. The molecule has 0 aromatic heterocycles. The number of nitrogens with one attached hydrogen (secondary N) is 1. The van der Waals surface area contributed by atoms with Crippen LogP contribution in [0.3, 0.4) is 0 Å². The zero-order valence-electron chi connectivity index (χ0n) is 15.7. The van der Waals surface area contributed by atoms with Crippen LogP contribution in [0.1, 0.15) is 17.9 Å². The molecule has 5 nitrogen and oxygen atoms in total. The summed E-state index contributed by atoms with van der Waals surface area (Å²) in [5, 5.41) is 2.17. The van der Waals surface area contributed by atoms with Gasteiger partial charge in [0.15, 0.2) is 5.82 Å². The van der Waals surface area contributed by atoms with Gasteiger partial charge in [0.2, 0.25) is 11.8 Å². The van der Waals surface area contributed by atoms with Crippen molar-refractivity contribution in [1.29, 1.82) is 0 Å². The van der Waals surface area contributed by atoms with Gasteiger partial charge in [0.05, 0.1) is 10.7 Å². The summed E-state index contributed by atoms with van der Waals surface area (Å²) >= 11 is 5.72. The van der Waals surface area contributed by atoms with E-state index in [1.165, 1.54) is 42.3 Å². The lowest BCUT2D eigenvalue weighted by atomic mass is 9.79. The predicted octanol–water partition coefficient (Wildman–Crippen LogP) is 4.58. The quantitative estimate of drug-likeness (QED) is 0.555. The number of anilines is 1. The zero-order chi connectivity index (χ0) is 22.1. The number of ether oxygens (including phenoxy) is 1. The molecule has 2 aromatic carbocycles. The number of halogens is 5. The van der Waals surface area contributed by atoms with Crippen LogP contribution in [0.2, 0.25) is 5.02 Å². The molecule has 1 saturated heterocycles. The highest BCUT2D eigenvalue weighted by Crippen LogP contribution is 2.37. The lowest BCUT2D eigenvalue weighted by Crippen LogP contribution is -2.47. The van der Waals surface area contributed by atoms with E-state index in [1.807, 2.05) is 0 Å².